The molecule has 1 aromatic carbocycles. The fourth-order valence-electron chi connectivity index (χ4n) is 5.98. The quantitative estimate of drug-likeness (QED) is 0.457. The molecular formula is C26H30N6O6. The Labute approximate surface area is 218 Å². The van der Waals surface area contributed by atoms with Crippen LogP contribution in [0.1, 0.15) is 50.3 Å². The monoisotopic (exact) mass is 522 g/mol. The second-order valence-corrected chi connectivity index (χ2v) is 10.2. The van der Waals surface area contributed by atoms with Crippen LogP contribution in [0.2, 0.25) is 0 Å². The Morgan fingerprint density at radius 2 is 1.84 bits per heavy atom. The van der Waals surface area contributed by atoms with Gasteiger partial charge in [-0.2, -0.15) is 0 Å². The second-order valence-electron chi connectivity index (χ2n) is 10.2. The van der Waals surface area contributed by atoms with Gasteiger partial charge < -0.3 is 10.0 Å². The van der Waals surface area contributed by atoms with Crippen molar-refractivity contribution in [3.63, 3.8) is 0 Å². The van der Waals surface area contributed by atoms with Crippen LogP contribution < -0.4 is 16.1 Å². The zero-order valence-corrected chi connectivity index (χ0v) is 21.7. The molecule has 4 amide bonds. The average Bonchev–Trinajstić information content (AvgIpc) is 3.40. The third-order valence-electron chi connectivity index (χ3n) is 8.14. The van der Waals surface area contributed by atoms with Gasteiger partial charge in [0.25, 0.3) is 5.56 Å². The maximum absolute atomic E-state index is 13.5. The van der Waals surface area contributed by atoms with Crippen molar-refractivity contribution in [3.05, 3.63) is 50.2 Å². The summed E-state index contributed by atoms with van der Waals surface area (Å²) in [5.41, 5.74) is -0.993. The highest BCUT2D eigenvalue weighted by atomic mass is 16.3. The number of nitrogens with zero attached hydrogens (tertiary/aromatic N) is 5. The molecule has 1 spiro atoms. The highest BCUT2D eigenvalue weighted by molar-refractivity contribution is 6.20. The number of H-pyrrole nitrogens is 1. The fourth-order valence-corrected chi connectivity index (χ4v) is 5.98. The van der Waals surface area contributed by atoms with E-state index in [-0.39, 0.29) is 24.1 Å². The van der Waals surface area contributed by atoms with E-state index in [1.165, 1.54) is 20.3 Å². The summed E-state index contributed by atoms with van der Waals surface area (Å²) in [6.45, 7) is 4.28. The van der Waals surface area contributed by atoms with Gasteiger partial charge in [-0.25, -0.2) is 9.59 Å². The van der Waals surface area contributed by atoms with Crippen molar-refractivity contribution in [1.82, 2.24) is 19.4 Å². The number of hydrogen-bond donors (Lipinski definition) is 2. The zero-order valence-electron chi connectivity index (χ0n) is 21.7. The molecule has 3 aliphatic rings. The van der Waals surface area contributed by atoms with Crippen LogP contribution in [0.3, 0.4) is 0 Å². The summed E-state index contributed by atoms with van der Waals surface area (Å²) in [5.74, 6) is -1.49. The largest absolute Gasteiger partial charge is 0.494 e. The number of aromatic nitrogens is 2. The molecule has 5 rings (SSSR count). The van der Waals surface area contributed by atoms with Gasteiger partial charge in [-0.1, -0.05) is 6.92 Å². The number of aromatic amines is 1. The van der Waals surface area contributed by atoms with E-state index in [0.29, 0.717) is 25.1 Å². The molecule has 2 atom stereocenters. The third kappa shape index (κ3) is 3.50. The van der Waals surface area contributed by atoms with E-state index in [0.717, 1.165) is 32.0 Å². The number of carbonyl (C=O) groups is 3. The van der Waals surface area contributed by atoms with E-state index in [1.54, 1.807) is 19.1 Å². The minimum atomic E-state index is -1.43. The van der Waals surface area contributed by atoms with E-state index in [2.05, 4.69) is 14.9 Å². The van der Waals surface area contributed by atoms with Crippen LogP contribution >= 0.6 is 0 Å². The fraction of sp³-hybridized carbons (Fsp3) is 0.462. The molecule has 2 fully saturated rings. The zero-order chi connectivity index (χ0) is 27.5. The lowest BCUT2D eigenvalue weighted by Crippen LogP contribution is -2.70. The molecule has 0 radical (unpaired) electrons. The molecule has 38 heavy (non-hydrogen) atoms. The van der Waals surface area contributed by atoms with Crippen molar-refractivity contribution in [2.45, 2.75) is 51.6 Å². The Kier molecular flexibility index (Phi) is 6.00. The summed E-state index contributed by atoms with van der Waals surface area (Å²) in [4.78, 5) is 74.9. The summed E-state index contributed by atoms with van der Waals surface area (Å²) >= 11 is 0. The minimum absolute atomic E-state index is 0.108. The summed E-state index contributed by atoms with van der Waals surface area (Å²) < 4.78 is 1.11. The SMILES string of the molecule is CC[C@H](C)n1c(O)c(C=Nc2ccc3c(c2)CC2(C(=O)N(C)C(=O)N(C)C2=O)[C@H]2CCCN32)c(=O)[nH]c1=O. The Bertz CT molecular complexity index is 1480. The first-order chi connectivity index (χ1) is 18.0. The van der Waals surface area contributed by atoms with Gasteiger partial charge in [0, 0.05) is 38.6 Å². The van der Waals surface area contributed by atoms with Gasteiger partial charge >= 0.3 is 11.7 Å². The molecule has 0 aliphatic carbocycles. The van der Waals surface area contributed by atoms with E-state index in [9.17, 15) is 29.1 Å². The summed E-state index contributed by atoms with van der Waals surface area (Å²) in [5, 5.41) is 10.7. The van der Waals surface area contributed by atoms with Gasteiger partial charge in [-0.3, -0.25) is 38.7 Å². The Balaban J connectivity index is 1.57. The highest BCUT2D eigenvalue weighted by Crippen LogP contribution is 2.49. The lowest BCUT2D eigenvalue weighted by atomic mass is 9.68. The number of anilines is 1. The minimum Gasteiger partial charge on any atom is -0.494 e. The average molecular weight is 523 g/mol. The van der Waals surface area contributed by atoms with Gasteiger partial charge in [0.2, 0.25) is 17.7 Å². The molecule has 4 heterocycles. The van der Waals surface area contributed by atoms with E-state index < -0.39 is 40.4 Å². The first-order valence-corrected chi connectivity index (χ1v) is 12.6. The number of aromatic hydroxyl groups is 1. The van der Waals surface area contributed by atoms with Gasteiger partial charge in [0.05, 0.1) is 11.7 Å². The number of fused-ring (bicyclic) bond motifs is 4. The number of carbonyl (C=O) groups excluding carboxylic acids is 3. The lowest BCUT2D eigenvalue weighted by molar-refractivity contribution is -0.159. The third-order valence-corrected chi connectivity index (χ3v) is 8.14. The van der Waals surface area contributed by atoms with Crippen molar-refractivity contribution in [2.75, 3.05) is 25.5 Å². The molecule has 0 saturated carbocycles. The van der Waals surface area contributed by atoms with Crippen LogP contribution in [0.15, 0.2) is 32.8 Å². The number of benzene rings is 1. The van der Waals surface area contributed by atoms with Gasteiger partial charge in [0.1, 0.15) is 5.56 Å². The van der Waals surface area contributed by atoms with E-state index >= 15 is 0 Å². The molecule has 200 valence electrons. The van der Waals surface area contributed by atoms with E-state index in [4.69, 9.17) is 0 Å². The molecule has 0 bridgehead atoms. The van der Waals surface area contributed by atoms with Gasteiger partial charge in [0.15, 0.2) is 5.41 Å². The molecule has 12 nitrogen and oxygen atoms in total. The van der Waals surface area contributed by atoms with Crippen LogP contribution in [0.25, 0.3) is 0 Å². The number of aliphatic imine (C=N–C) groups is 1. The molecule has 3 aliphatic heterocycles. The molecule has 2 N–H and O–H groups in total. The lowest BCUT2D eigenvalue weighted by Gasteiger charge is -2.50. The number of urea groups is 1. The summed E-state index contributed by atoms with van der Waals surface area (Å²) in [7, 11) is 2.79. The first-order valence-electron chi connectivity index (χ1n) is 12.6. The summed E-state index contributed by atoms with van der Waals surface area (Å²) in [6, 6.07) is 4.02. The Hall–Kier alpha value is -4.22. The van der Waals surface area contributed by atoms with E-state index in [1.807, 2.05) is 13.0 Å². The van der Waals surface area contributed by atoms with Crippen molar-refractivity contribution in [3.8, 4) is 5.88 Å². The summed E-state index contributed by atoms with van der Waals surface area (Å²) in [6.07, 6.45) is 3.33. The number of rotatable bonds is 4. The van der Waals surface area contributed by atoms with Crippen molar-refractivity contribution < 1.29 is 19.5 Å². The second kappa shape index (κ2) is 8.96. The normalized spacial score (nSPS) is 21.4. The molecule has 0 unspecified atom stereocenters. The van der Waals surface area contributed by atoms with Crippen molar-refractivity contribution >= 4 is 35.4 Å². The number of nitrogens with one attached hydrogen (secondary N) is 1. The highest BCUT2D eigenvalue weighted by Gasteiger charge is 2.63. The number of hydrogen-bond acceptors (Lipinski definition) is 8. The van der Waals surface area contributed by atoms with Crippen LogP contribution in [0, 0.1) is 5.41 Å². The van der Waals surface area contributed by atoms with Crippen molar-refractivity contribution in [1.29, 1.82) is 0 Å². The Morgan fingerprint density at radius 3 is 2.50 bits per heavy atom. The smallest absolute Gasteiger partial charge is 0.332 e. The van der Waals surface area contributed by atoms with Gasteiger partial charge in [-0.15, -0.1) is 0 Å². The number of amides is 4. The predicted molar refractivity (Wildman–Crippen MR) is 139 cm³/mol. The van der Waals surface area contributed by atoms with Crippen molar-refractivity contribution in [2.24, 2.45) is 10.4 Å². The van der Waals surface area contributed by atoms with Crippen LogP contribution in [-0.2, 0) is 16.0 Å². The standard InChI is InChI=1S/C26H30N6O6/c1-5-14(2)32-21(34)17(20(33)28-24(32)37)13-27-16-8-9-18-15(11-16)12-26(19-7-6-10-31(18)19)22(35)29(3)25(38)30(4)23(26)36/h8-9,11,13-14,19,34H,5-7,10,12H2,1-4H3,(H,28,33,37)/t14-,19+/m0/s1. The molecule has 2 saturated heterocycles. The molecular weight excluding hydrogens is 492 g/mol. The molecule has 1 aromatic heterocycles. The maximum Gasteiger partial charge on any atom is 0.332 e. The van der Waals surface area contributed by atoms with Gasteiger partial charge in [-0.05, 0) is 56.4 Å². The molecule has 12 heteroatoms. The Morgan fingerprint density at radius 1 is 1.16 bits per heavy atom. The number of imide groups is 2. The van der Waals surface area contributed by atoms with Crippen LogP contribution in [0.5, 0.6) is 5.88 Å². The molecule has 2 aromatic rings. The maximum atomic E-state index is 13.5. The van der Waals surface area contributed by atoms with Crippen LogP contribution in [-0.4, -0.2) is 75.2 Å². The van der Waals surface area contributed by atoms with Crippen LogP contribution in [0.4, 0.5) is 16.2 Å². The topological polar surface area (TPSA) is 148 Å². The first kappa shape index (κ1) is 25.4. The number of barbiturate groups is 1. The predicted octanol–water partition coefficient (Wildman–Crippen LogP) is 1.53.